The van der Waals surface area contributed by atoms with Crippen LogP contribution in [0.15, 0.2) is 48.7 Å². The zero-order chi connectivity index (χ0) is 22.0. The van der Waals surface area contributed by atoms with Crippen molar-refractivity contribution in [1.82, 2.24) is 9.78 Å². The first-order chi connectivity index (χ1) is 15.0. The van der Waals surface area contributed by atoms with Crippen LogP contribution in [0.4, 0.5) is 5.82 Å². The highest BCUT2D eigenvalue weighted by molar-refractivity contribution is 5.94. The van der Waals surface area contributed by atoms with Crippen LogP contribution in [0, 0.1) is 6.92 Å². The quantitative estimate of drug-likeness (QED) is 0.611. The lowest BCUT2D eigenvalue weighted by Gasteiger charge is -2.24. The van der Waals surface area contributed by atoms with Gasteiger partial charge in [0.25, 0.3) is 5.91 Å². The number of nitrogens with two attached hydrogens (primary N) is 1. The van der Waals surface area contributed by atoms with Gasteiger partial charge in [-0.05, 0) is 43.7 Å². The van der Waals surface area contributed by atoms with Crippen LogP contribution < -0.4 is 20.5 Å². The number of hydrogen-bond donors (Lipinski definition) is 2. The zero-order valence-electron chi connectivity index (χ0n) is 17.4. The number of fused-ring (bicyclic) bond motifs is 1. The SMILES string of the molecule is CCOc1cc([C@H]2CC(=O)Nc3c2cnn3-c2ccc(C)cc2)ccc1OCC(N)=O. The van der Waals surface area contributed by atoms with Gasteiger partial charge < -0.3 is 20.5 Å². The minimum Gasteiger partial charge on any atom is -0.490 e. The number of benzene rings is 2. The topological polar surface area (TPSA) is 108 Å². The largest absolute Gasteiger partial charge is 0.490 e. The summed E-state index contributed by atoms with van der Waals surface area (Å²) in [4.78, 5) is 23.6. The molecule has 0 radical (unpaired) electrons. The van der Waals surface area contributed by atoms with E-state index in [-0.39, 0.29) is 18.4 Å². The van der Waals surface area contributed by atoms with E-state index in [4.69, 9.17) is 15.2 Å². The Labute approximate surface area is 180 Å². The van der Waals surface area contributed by atoms with Crippen molar-refractivity contribution in [3.63, 3.8) is 0 Å². The molecule has 0 unspecified atom stereocenters. The zero-order valence-corrected chi connectivity index (χ0v) is 17.4. The van der Waals surface area contributed by atoms with Gasteiger partial charge in [0.05, 0.1) is 18.5 Å². The summed E-state index contributed by atoms with van der Waals surface area (Å²) in [5, 5.41) is 7.49. The monoisotopic (exact) mass is 420 g/mol. The average molecular weight is 420 g/mol. The van der Waals surface area contributed by atoms with E-state index in [9.17, 15) is 9.59 Å². The molecule has 4 rings (SSSR count). The Kier molecular flexibility index (Phi) is 5.62. The number of anilines is 1. The lowest BCUT2D eigenvalue weighted by molar-refractivity contribution is -0.120. The van der Waals surface area contributed by atoms with Crippen molar-refractivity contribution in [2.75, 3.05) is 18.5 Å². The van der Waals surface area contributed by atoms with E-state index in [0.29, 0.717) is 30.3 Å². The Bertz CT molecular complexity index is 1120. The van der Waals surface area contributed by atoms with E-state index in [2.05, 4.69) is 10.4 Å². The van der Waals surface area contributed by atoms with Crippen molar-refractivity contribution >= 4 is 17.6 Å². The van der Waals surface area contributed by atoms with Gasteiger partial charge in [-0.1, -0.05) is 23.8 Å². The second-order valence-corrected chi connectivity index (χ2v) is 7.39. The molecule has 0 fully saturated rings. The highest BCUT2D eigenvalue weighted by Crippen LogP contribution is 2.40. The van der Waals surface area contributed by atoms with Crippen molar-refractivity contribution in [2.45, 2.75) is 26.2 Å². The molecule has 2 amide bonds. The van der Waals surface area contributed by atoms with Gasteiger partial charge in [-0.2, -0.15) is 5.10 Å². The lowest BCUT2D eigenvalue weighted by Crippen LogP contribution is -2.24. The second-order valence-electron chi connectivity index (χ2n) is 7.39. The van der Waals surface area contributed by atoms with E-state index in [1.54, 1.807) is 16.9 Å². The second kappa shape index (κ2) is 8.51. The molecule has 3 aromatic rings. The van der Waals surface area contributed by atoms with Crippen LogP contribution in [0.3, 0.4) is 0 Å². The number of aromatic nitrogens is 2. The summed E-state index contributed by atoms with van der Waals surface area (Å²) in [5.41, 5.74) is 9.02. The molecule has 0 bridgehead atoms. The lowest BCUT2D eigenvalue weighted by atomic mass is 9.87. The summed E-state index contributed by atoms with van der Waals surface area (Å²) >= 11 is 0. The number of carbonyl (C=O) groups is 2. The molecule has 2 aromatic carbocycles. The third kappa shape index (κ3) is 4.23. The summed E-state index contributed by atoms with van der Waals surface area (Å²) in [6, 6.07) is 13.4. The summed E-state index contributed by atoms with van der Waals surface area (Å²) in [7, 11) is 0. The molecule has 3 N–H and O–H groups in total. The van der Waals surface area contributed by atoms with Crippen molar-refractivity contribution < 1.29 is 19.1 Å². The highest BCUT2D eigenvalue weighted by Gasteiger charge is 2.31. The maximum Gasteiger partial charge on any atom is 0.255 e. The molecule has 0 spiro atoms. The molecular formula is C23H24N4O4. The van der Waals surface area contributed by atoms with Crippen molar-refractivity contribution in [3.8, 4) is 17.2 Å². The molecular weight excluding hydrogens is 396 g/mol. The third-order valence-corrected chi connectivity index (χ3v) is 5.14. The molecule has 1 aliphatic heterocycles. The van der Waals surface area contributed by atoms with Gasteiger partial charge >= 0.3 is 0 Å². The number of aryl methyl sites for hydroxylation is 1. The van der Waals surface area contributed by atoms with Crippen LogP contribution in [0.5, 0.6) is 11.5 Å². The fraction of sp³-hybridized carbons (Fsp3) is 0.261. The molecule has 160 valence electrons. The minimum atomic E-state index is -0.566. The smallest absolute Gasteiger partial charge is 0.255 e. The minimum absolute atomic E-state index is 0.0848. The van der Waals surface area contributed by atoms with Gasteiger partial charge in [-0.3, -0.25) is 9.59 Å². The Morgan fingerprint density at radius 1 is 1.19 bits per heavy atom. The molecule has 0 aliphatic carbocycles. The number of ether oxygens (including phenoxy) is 2. The normalized spacial score (nSPS) is 15.2. The Hall–Kier alpha value is -3.81. The number of carbonyl (C=O) groups excluding carboxylic acids is 2. The van der Waals surface area contributed by atoms with Crippen LogP contribution in [0.1, 0.15) is 36.0 Å². The Morgan fingerprint density at radius 2 is 1.97 bits per heavy atom. The fourth-order valence-electron chi connectivity index (χ4n) is 3.68. The first kappa shape index (κ1) is 20.5. The standard InChI is InChI=1S/C23H24N4O4/c1-3-30-20-10-15(6-9-19(20)31-13-21(24)28)17-11-22(29)26-23-18(17)12-25-27(23)16-7-4-14(2)5-8-16/h4-10,12,17H,3,11,13H2,1-2H3,(H2,24,28)(H,26,29)/t17-/m1/s1. The summed E-state index contributed by atoms with van der Waals surface area (Å²) in [5.74, 6) is 0.756. The first-order valence-corrected chi connectivity index (χ1v) is 10.1. The molecule has 31 heavy (non-hydrogen) atoms. The molecule has 8 heteroatoms. The van der Waals surface area contributed by atoms with Gasteiger partial charge in [0.2, 0.25) is 5.91 Å². The van der Waals surface area contributed by atoms with Gasteiger partial charge in [-0.15, -0.1) is 0 Å². The molecule has 0 saturated heterocycles. The van der Waals surface area contributed by atoms with Crippen molar-refractivity contribution in [2.24, 2.45) is 5.73 Å². The highest BCUT2D eigenvalue weighted by atomic mass is 16.5. The van der Waals surface area contributed by atoms with Gasteiger partial charge in [0, 0.05) is 17.9 Å². The maximum absolute atomic E-state index is 12.5. The van der Waals surface area contributed by atoms with Crippen LogP contribution in [0.2, 0.25) is 0 Å². The number of primary amides is 1. The fourth-order valence-corrected chi connectivity index (χ4v) is 3.68. The number of amides is 2. The number of hydrogen-bond acceptors (Lipinski definition) is 5. The van der Waals surface area contributed by atoms with Crippen molar-refractivity contribution in [1.29, 1.82) is 0 Å². The molecule has 1 atom stereocenters. The number of nitrogens with zero attached hydrogens (tertiary/aromatic N) is 2. The Morgan fingerprint density at radius 3 is 2.68 bits per heavy atom. The van der Waals surface area contributed by atoms with E-state index in [1.165, 1.54) is 0 Å². The van der Waals surface area contributed by atoms with Crippen LogP contribution in [0.25, 0.3) is 5.69 Å². The predicted molar refractivity (Wildman–Crippen MR) is 116 cm³/mol. The van der Waals surface area contributed by atoms with E-state index in [0.717, 1.165) is 22.4 Å². The number of nitrogens with one attached hydrogen (secondary N) is 1. The van der Waals surface area contributed by atoms with Crippen LogP contribution in [-0.2, 0) is 9.59 Å². The third-order valence-electron chi connectivity index (χ3n) is 5.14. The summed E-state index contributed by atoms with van der Waals surface area (Å²) in [6.45, 7) is 4.08. The summed E-state index contributed by atoms with van der Waals surface area (Å²) in [6.07, 6.45) is 2.08. The van der Waals surface area contributed by atoms with E-state index in [1.807, 2.05) is 50.2 Å². The molecule has 1 aliphatic rings. The van der Waals surface area contributed by atoms with Gasteiger partial charge in [0.1, 0.15) is 5.82 Å². The summed E-state index contributed by atoms with van der Waals surface area (Å²) < 4.78 is 12.9. The molecule has 1 aromatic heterocycles. The van der Waals surface area contributed by atoms with Gasteiger partial charge in [-0.25, -0.2) is 4.68 Å². The number of rotatable bonds is 7. The van der Waals surface area contributed by atoms with Crippen LogP contribution in [-0.4, -0.2) is 34.8 Å². The van der Waals surface area contributed by atoms with Crippen LogP contribution >= 0.6 is 0 Å². The molecule has 0 saturated carbocycles. The van der Waals surface area contributed by atoms with Gasteiger partial charge in [0.15, 0.2) is 18.1 Å². The van der Waals surface area contributed by atoms with E-state index < -0.39 is 5.91 Å². The van der Waals surface area contributed by atoms with Crippen molar-refractivity contribution in [3.05, 3.63) is 65.4 Å². The maximum atomic E-state index is 12.5. The predicted octanol–water partition coefficient (Wildman–Crippen LogP) is 2.92. The molecule has 2 heterocycles. The Balaban J connectivity index is 1.71. The average Bonchev–Trinajstić information content (AvgIpc) is 3.16. The first-order valence-electron chi connectivity index (χ1n) is 10.1. The molecule has 8 nitrogen and oxygen atoms in total. The van der Waals surface area contributed by atoms with E-state index >= 15 is 0 Å².